The van der Waals surface area contributed by atoms with E-state index in [9.17, 15) is 14.7 Å². The zero-order valence-corrected chi connectivity index (χ0v) is 14.4. The zero-order valence-electron chi connectivity index (χ0n) is 14.4. The van der Waals surface area contributed by atoms with E-state index in [4.69, 9.17) is 5.21 Å². The Kier molecular flexibility index (Phi) is 7.09. The molecule has 1 aromatic heterocycles. The van der Waals surface area contributed by atoms with Gasteiger partial charge in [-0.3, -0.25) is 19.8 Å². The Morgan fingerprint density at radius 1 is 1.07 bits per heavy atom. The third-order valence-corrected chi connectivity index (χ3v) is 3.45. The van der Waals surface area contributed by atoms with Gasteiger partial charge >= 0.3 is 0 Å². The van der Waals surface area contributed by atoms with Gasteiger partial charge in [-0.05, 0) is 55.2 Å². The second-order valence-electron chi connectivity index (χ2n) is 5.49. The monoisotopic (exact) mass is 363 g/mol. The summed E-state index contributed by atoms with van der Waals surface area (Å²) >= 11 is 0. The molecule has 2 aromatic rings. The highest BCUT2D eigenvalue weighted by Crippen LogP contribution is 2.05. The van der Waals surface area contributed by atoms with Crippen molar-refractivity contribution in [3.63, 3.8) is 0 Å². The van der Waals surface area contributed by atoms with E-state index >= 15 is 0 Å². The fraction of sp³-hybridized carbons (Fsp3) is 0.150. The molecule has 0 bridgehead atoms. The molecule has 0 spiro atoms. The molecule has 2 atom stereocenters. The number of aliphatic hydroxyl groups is 1. The van der Waals surface area contributed by atoms with Gasteiger partial charge in [0.25, 0.3) is 11.8 Å². The minimum atomic E-state index is -1.27. The van der Waals surface area contributed by atoms with Gasteiger partial charge in [0.05, 0.1) is 6.10 Å². The summed E-state index contributed by atoms with van der Waals surface area (Å²) in [6.45, 7) is 1.32. The predicted octanol–water partition coefficient (Wildman–Crippen LogP) is 0.469. The van der Waals surface area contributed by atoms with Gasteiger partial charge in [0.15, 0.2) is 0 Å². The van der Waals surface area contributed by atoms with Crippen molar-refractivity contribution in [3.8, 4) is 23.7 Å². The van der Waals surface area contributed by atoms with E-state index in [0.29, 0.717) is 5.56 Å². The van der Waals surface area contributed by atoms with E-state index in [1.807, 2.05) is 6.07 Å². The number of nitrogens with zero attached hydrogens (tertiary/aromatic N) is 1. The number of amides is 2. The van der Waals surface area contributed by atoms with Crippen LogP contribution in [-0.2, 0) is 4.79 Å². The summed E-state index contributed by atoms with van der Waals surface area (Å²) in [7, 11) is 0. The summed E-state index contributed by atoms with van der Waals surface area (Å²) in [4.78, 5) is 27.6. The molecule has 0 fully saturated rings. The first kappa shape index (κ1) is 19.7. The molecule has 2 rings (SSSR count). The summed E-state index contributed by atoms with van der Waals surface area (Å²) in [5, 5.41) is 20.5. The van der Waals surface area contributed by atoms with Crippen LogP contribution in [0.25, 0.3) is 0 Å². The van der Waals surface area contributed by atoms with Crippen LogP contribution in [0, 0.1) is 23.7 Å². The number of hydrogen-bond donors (Lipinski definition) is 4. The Balaban J connectivity index is 2.03. The van der Waals surface area contributed by atoms with Gasteiger partial charge in [-0.15, -0.1) is 0 Å². The van der Waals surface area contributed by atoms with Crippen molar-refractivity contribution in [2.75, 3.05) is 0 Å². The van der Waals surface area contributed by atoms with Gasteiger partial charge in [-0.25, -0.2) is 5.48 Å². The van der Waals surface area contributed by atoms with E-state index in [2.05, 4.69) is 34.0 Å². The molecular formula is C20H17N3O4. The highest BCUT2D eigenvalue weighted by molar-refractivity contribution is 5.97. The van der Waals surface area contributed by atoms with Crippen LogP contribution < -0.4 is 10.8 Å². The maximum Gasteiger partial charge on any atom is 0.268 e. The Bertz CT molecular complexity index is 917. The first-order chi connectivity index (χ1) is 13.0. The second-order valence-corrected chi connectivity index (χ2v) is 5.49. The van der Waals surface area contributed by atoms with Crippen LogP contribution in [0.3, 0.4) is 0 Å². The smallest absolute Gasteiger partial charge is 0.268 e. The number of rotatable bonds is 4. The number of aliphatic hydroxyl groups excluding tert-OH is 1. The van der Waals surface area contributed by atoms with E-state index in [-0.39, 0.29) is 5.56 Å². The minimum absolute atomic E-state index is 0.276. The number of nitrogens with one attached hydrogen (secondary N) is 2. The van der Waals surface area contributed by atoms with Gasteiger partial charge in [0, 0.05) is 29.1 Å². The van der Waals surface area contributed by atoms with Crippen LogP contribution in [0.2, 0.25) is 0 Å². The Morgan fingerprint density at radius 2 is 1.74 bits per heavy atom. The number of hydrogen-bond acceptors (Lipinski definition) is 5. The quantitative estimate of drug-likeness (QED) is 0.358. The molecule has 0 radical (unpaired) electrons. The lowest BCUT2D eigenvalue weighted by Gasteiger charge is -2.19. The molecular weight excluding hydrogens is 346 g/mol. The van der Waals surface area contributed by atoms with Crippen LogP contribution in [-0.4, -0.2) is 39.3 Å². The third kappa shape index (κ3) is 5.98. The summed E-state index contributed by atoms with van der Waals surface area (Å²) in [6, 6.07) is 8.67. The average molecular weight is 363 g/mol. The normalized spacial score (nSPS) is 11.7. The largest absolute Gasteiger partial charge is 0.391 e. The van der Waals surface area contributed by atoms with Gasteiger partial charge in [-0.1, -0.05) is 11.8 Å². The first-order valence-corrected chi connectivity index (χ1v) is 7.96. The van der Waals surface area contributed by atoms with Crippen molar-refractivity contribution < 1.29 is 19.9 Å². The van der Waals surface area contributed by atoms with Crippen LogP contribution in [0.5, 0.6) is 0 Å². The summed E-state index contributed by atoms with van der Waals surface area (Å²) in [6.07, 6.45) is 2.12. The van der Waals surface area contributed by atoms with E-state index in [1.165, 1.54) is 24.5 Å². The van der Waals surface area contributed by atoms with Crippen LogP contribution in [0.15, 0.2) is 48.8 Å². The van der Waals surface area contributed by atoms with Gasteiger partial charge in [0.2, 0.25) is 0 Å². The van der Waals surface area contributed by atoms with Gasteiger partial charge < -0.3 is 10.4 Å². The highest BCUT2D eigenvalue weighted by atomic mass is 16.5. The number of aromatic nitrogens is 1. The number of hydroxylamine groups is 1. The van der Waals surface area contributed by atoms with Crippen molar-refractivity contribution in [3.05, 3.63) is 65.5 Å². The number of benzene rings is 1. The Hall–Kier alpha value is -3.65. The molecule has 4 N–H and O–H groups in total. The second kappa shape index (κ2) is 9.73. The molecule has 0 aliphatic carbocycles. The van der Waals surface area contributed by atoms with Crippen molar-refractivity contribution in [2.24, 2.45) is 0 Å². The van der Waals surface area contributed by atoms with Crippen LogP contribution in [0.4, 0.5) is 0 Å². The highest BCUT2D eigenvalue weighted by Gasteiger charge is 2.25. The predicted molar refractivity (Wildman–Crippen MR) is 97.3 cm³/mol. The summed E-state index contributed by atoms with van der Waals surface area (Å²) in [5.74, 6) is 9.67. The van der Waals surface area contributed by atoms with E-state index in [0.717, 1.165) is 5.56 Å². The average Bonchev–Trinajstić information content (AvgIpc) is 2.69. The molecule has 1 heterocycles. The molecule has 0 saturated heterocycles. The fourth-order valence-corrected chi connectivity index (χ4v) is 2.05. The van der Waals surface area contributed by atoms with Crippen molar-refractivity contribution in [2.45, 2.75) is 19.1 Å². The molecule has 7 nitrogen and oxygen atoms in total. The zero-order chi connectivity index (χ0) is 19.6. The number of carbonyl (C=O) groups is 2. The molecule has 0 saturated carbocycles. The Labute approximate surface area is 156 Å². The van der Waals surface area contributed by atoms with Crippen molar-refractivity contribution in [1.29, 1.82) is 0 Å². The van der Waals surface area contributed by atoms with Crippen molar-refractivity contribution >= 4 is 11.8 Å². The number of pyridine rings is 1. The molecule has 2 amide bonds. The topological polar surface area (TPSA) is 112 Å². The lowest BCUT2D eigenvalue weighted by molar-refractivity contribution is -0.133. The fourth-order valence-electron chi connectivity index (χ4n) is 2.05. The van der Waals surface area contributed by atoms with Crippen LogP contribution >= 0.6 is 0 Å². The summed E-state index contributed by atoms with van der Waals surface area (Å²) in [5.41, 5.74) is 3.10. The van der Waals surface area contributed by atoms with E-state index < -0.39 is 24.0 Å². The van der Waals surface area contributed by atoms with Gasteiger partial charge in [-0.2, -0.15) is 0 Å². The van der Waals surface area contributed by atoms with E-state index in [1.54, 1.807) is 30.6 Å². The lowest BCUT2D eigenvalue weighted by Crippen LogP contribution is -2.51. The Morgan fingerprint density at radius 3 is 2.30 bits per heavy atom. The maximum atomic E-state index is 12.2. The van der Waals surface area contributed by atoms with Crippen LogP contribution in [0.1, 0.15) is 28.4 Å². The molecule has 7 heteroatoms. The van der Waals surface area contributed by atoms with Gasteiger partial charge in [0.1, 0.15) is 6.04 Å². The molecule has 136 valence electrons. The molecule has 1 aromatic carbocycles. The summed E-state index contributed by atoms with van der Waals surface area (Å²) < 4.78 is 0. The maximum absolute atomic E-state index is 12.2. The molecule has 0 unspecified atom stereocenters. The minimum Gasteiger partial charge on any atom is -0.391 e. The molecule has 27 heavy (non-hydrogen) atoms. The third-order valence-electron chi connectivity index (χ3n) is 3.45. The molecule has 0 aliphatic rings. The lowest BCUT2D eigenvalue weighted by atomic mass is 10.1. The SMILES string of the molecule is C[C@@H](O)[C@H](NC(=O)c1ccc(C#CC#Cc2cccnc2)cc1)C(=O)NO. The standard InChI is InChI=1S/C20H17N3O4/c1-14(24)18(20(26)23-27)22-19(25)17-10-8-15(9-11-17)5-2-3-6-16-7-4-12-21-13-16/h4,7-14,18,24,27H,1H3,(H,22,25)(H,23,26)/t14-,18+/m1/s1. The molecule has 0 aliphatic heterocycles. The first-order valence-electron chi connectivity index (χ1n) is 7.96. The number of carbonyl (C=O) groups excluding carboxylic acids is 2. The van der Waals surface area contributed by atoms with Crippen molar-refractivity contribution in [1.82, 2.24) is 15.8 Å².